The first-order valence-electron chi connectivity index (χ1n) is 10.3. The average Bonchev–Trinajstić information content (AvgIpc) is 3.14. The van der Waals surface area contributed by atoms with E-state index in [2.05, 4.69) is 38.1 Å². The van der Waals surface area contributed by atoms with Crippen molar-refractivity contribution in [3.8, 4) is 22.1 Å². The third-order valence-electron chi connectivity index (χ3n) is 4.72. The normalized spacial score (nSPS) is 11.2. The number of aromatic hydroxyl groups is 1. The Labute approximate surface area is 194 Å². The fourth-order valence-corrected chi connectivity index (χ4v) is 4.26. The molecule has 0 spiro atoms. The average molecular weight is 475 g/mol. The highest BCUT2D eigenvalue weighted by Crippen LogP contribution is 2.33. The lowest BCUT2D eigenvalue weighted by molar-refractivity contribution is -0.136. The van der Waals surface area contributed by atoms with E-state index < -0.39 is 12.6 Å². The largest absolute Gasteiger partial charge is 0.508 e. The summed E-state index contributed by atoms with van der Waals surface area (Å²) in [6, 6.07) is 18.3. The van der Waals surface area contributed by atoms with Gasteiger partial charge >= 0.3 is 6.18 Å². The van der Waals surface area contributed by atoms with Crippen LogP contribution in [0.5, 0.6) is 11.5 Å². The molecule has 0 unspecified atom stereocenters. The van der Waals surface area contributed by atoms with Crippen molar-refractivity contribution in [2.45, 2.75) is 32.9 Å². The minimum absolute atomic E-state index is 0.0109. The van der Waals surface area contributed by atoms with Crippen LogP contribution in [0.4, 0.5) is 18.9 Å². The molecule has 0 fully saturated rings. The predicted octanol–water partition coefficient (Wildman–Crippen LogP) is 7.28. The molecule has 3 aromatic carbocycles. The third-order valence-corrected chi connectivity index (χ3v) is 5.77. The van der Waals surface area contributed by atoms with Crippen LogP contribution < -0.4 is 10.5 Å². The van der Waals surface area contributed by atoms with E-state index in [0.717, 1.165) is 16.2 Å². The zero-order valence-corrected chi connectivity index (χ0v) is 19.1. The molecule has 0 aliphatic heterocycles. The van der Waals surface area contributed by atoms with Crippen LogP contribution in [0.1, 0.15) is 24.0 Å². The van der Waals surface area contributed by atoms with Gasteiger partial charge in [0, 0.05) is 23.7 Å². The Kier molecular flexibility index (Phi) is 7.81. The second kappa shape index (κ2) is 10.6. The first kappa shape index (κ1) is 24.4. The van der Waals surface area contributed by atoms with Gasteiger partial charge in [-0.05, 0) is 73.9 Å². The molecule has 0 amide bonds. The quantitative estimate of drug-likeness (QED) is 0.236. The predicted molar refractivity (Wildman–Crippen MR) is 128 cm³/mol. The zero-order valence-electron chi connectivity index (χ0n) is 18.3. The highest BCUT2D eigenvalue weighted by atomic mass is 32.1. The van der Waals surface area contributed by atoms with Crippen LogP contribution in [0.15, 0.2) is 60.7 Å². The van der Waals surface area contributed by atoms with Crippen LogP contribution >= 0.6 is 11.3 Å². The van der Waals surface area contributed by atoms with E-state index in [0.29, 0.717) is 5.75 Å². The molecular weight excluding hydrogens is 449 g/mol. The molecule has 0 saturated heterocycles. The summed E-state index contributed by atoms with van der Waals surface area (Å²) in [7, 11) is 0. The summed E-state index contributed by atoms with van der Waals surface area (Å²) in [6.45, 7) is 4.17. The van der Waals surface area contributed by atoms with Crippen LogP contribution in [0.3, 0.4) is 0 Å². The van der Waals surface area contributed by atoms with Crippen LogP contribution in [0, 0.1) is 13.8 Å². The molecular formula is C25H25F3N2O2S. The van der Waals surface area contributed by atoms with E-state index in [4.69, 9.17) is 20.6 Å². The van der Waals surface area contributed by atoms with E-state index in [9.17, 15) is 13.2 Å². The van der Waals surface area contributed by atoms with Gasteiger partial charge < -0.3 is 15.6 Å². The Bertz CT molecular complexity index is 1220. The fraction of sp³-hybridized carbons (Fsp3) is 0.240. The van der Waals surface area contributed by atoms with Crippen LogP contribution in [-0.2, 0) is 0 Å². The van der Waals surface area contributed by atoms with Crippen LogP contribution in [-0.4, -0.2) is 22.9 Å². The molecule has 1 aromatic heterocycles. The molecule has 1 heterocycles. The van der Waals surface area contributed by atoms with E-state index in [-0.39, 0.29) is 18.8 Å². The van der Waals surface area contributed by atoms with Crippen molar-refractivity contribution >= 4 is 27.2 Å². The molecule has 0 aliphatic rings. The second-order valence-corrected chi connectivity index (χ2v) is 8.66. The van der Waals surface area contributed by atoms with Gasteiger partial charge in [0.15, 0.2) is 0 Å². The Morgan fingerprint density at radius 3 is 2.52 bits per heavy atom. The molecule has 4 nitrogen and oxygen atoms in total. The van der Waals surface area contributed by atoms with E-state index in [1.54, 1.807) is 23.5 Å². The Hall–Kier alpha value is -3.26. The summed E-state index contributed by atoms with van der Waals surface area (Å²) in [6.07, 6.45) is -5.08. The molecule has 0 radical (unpaired) electrons. The standard InChI is InChI=1S/C15H14N2S.C10H11F3O2/c1-9-3-6-13-14(7-9)18-15(17-13)12-5-4-11(16)8-10(12)2;11-10(12,13)5-2-6-15-9-4-1-3-8(14)7-9/h3-8H,16H2,1-2H3;1,3-4,7,14H,2,5-6H2. The van der Waals surface area contributed by atoms with Crippen molar-refractivity contribution in [2.24, 2.45) is 0 Å². The number of benzene rings is 3. The number of nitrogens with zero attached hydrogens (tertiary/aromatic N) is 1. The first-order valence-corrected chi connectivity index (χ1v) is 11.1. The number of nitrogens with two attached hydrogens (primary N) is 1. The Morgan fingerprint density at radius 1 is 1.03 bits per heavy atom. The van der Waals surface area contributed by atoms with E-state index in [1.807, 2.05) is 12.1 Å². The van der Waals surface area contributed by atoms with Crippen molar-refractivity contribution in [2.75, 3.05) is 12.3 Å². The van der Waals surface area contributed by atoms with Crippen LogP contribution in [0.25, 0.3) is 20.8 Å². The van der Waals surface area contributed by atoms with Gasteiger partial charge in [0.1, 0.15) is 16.5 Å². The number of hydrogen-bond donors (Lipinski definition) is 2. The minimum atomic E-state index is -4.14. The van der Waals surface area contributed by atoms with Gasteiger partial charge in [-0.1, -0.05) is 12.1 Å². The lowest BCUT2D eigenvalue weighted by Gasteiger charge is -2.08. The molecule has 0 atom stereocenters. The van der Waals surface area contributed by atoms with Crippen molar-refractivity contribution in [3.63, 3.8) is 0 Å². The number of nitrogen functional groups attached to an aromatic ring is 1. The first-order chi connectivity index (χ1) is 15.6. The van der Waals surface area contributed by atoms with Crippen molar-refractivity contribution < 1.29 is 23.0 Å². The second-order valence-electron chi connectivity index (χ2n) is 7.63. The summed E-state index contributed by atoms with van der Waals surface area (Å²) >= 11 is 1.73. The number of aromatic nitrogens is 1. The number of hydrogen-bond acceptors (Lipinski definition) is 5. The molecule has 8 heteroatoms. The summed E-state index contributed by atoms with van der Waals surface area (Å²) in [5, 5.41) is 10.1. The van der Waals surface area contributed by atoms with Gasteiger partial charge in [0.05, 0.1) is 16.8 Å². The molecule has 3 N–H and O–H groups in total. The Morgan fingerprint density at radius 2 is 1.82 bits per heavy atom. The maximum atomic E-state index is 11.7. The highest BCUT2D eigenvalue weighted by Gasteiger charge is 2.26. The number of aryl methyl sites for hydroxylation is 2. The lowest BCUT2D eigenvalue weighted by Crippen LogP contribution is -2.09. The van der Waals surface area contributed by atoms with E-state index >= 15 is 0 Å². The van der Waals surface area contributed by atoms with Crippen LogP contribution in [0.2, 0.25) is 0 Å². The van der Waals surface area contributed by atoms with Crippen molar-refractivity contribution in [3.05, 3.63) is 71.8 Å². The summed E-state index contributed by atoms with van der Waals surface area (Å²) in [5.74, 6) is 0.403. The number of fused-ring (bicyclic) bond motifs is 1. The summed E-state index contributed by atoms with van der Waals surface area (Å²) in [5.41, 5.74) is 11.3. The highest BCUT2D eigenvalue weighted by molar-refractivity contribution is 7.21. The zero-order chi connectivity index (χ0) is 24.0. The lowest BCUT2D eigenvalue weighted by atomic mass is 10.1. The number of ether oxygens (including phenoxy) is 1. The molecule has 0 aliphatic carbocycles. The van der Waals surface area contributed by atoms with Gasteiger partial charge in [-0.25, -0.2) is 4.98 Å². The smallest absolute Gasteiger partial charge is 0.389 e. The summed E-state index contributed by atoms with van der Waals surface area (Å²) < 4.78 is 41.5. The number of alkyl halides is 3. The molecule has 4 aromatic rings. The van der Waals surface area contributed by atoms with Gasteiger partial charge in [-0.3, -0.25) is 0 Å². The number of phenolic OH excluding ortho intramolecular Hbond substituents is 1. The number of thiazole rings is 1. The van der Waals surface area contributed by atoms with Gasteiger partial charge in [0.2, 0.25) is 0 Å². The third kappa shape index (κ3) is 7.39. The summed E-state index contributed by atoms with van der Waals surface area (Å²) in [4.78, 5) is 4.69. The van der Waals surface area contributed by atoms with Gasteiger partial charge in [-0.15, -0.1) is 11.3 Å². The topological polar surface area (TPSA) is 68.4 Å². The number of rotatable bonds is 5. The number of anilines is 1. The molecule has 33 heavy (non-hydrogen) atoms. The minimum Gasteiger partial charge on any atom is -0.508 e. The van der Waals surface area contributed by atoms with E-state index in [1.165, 1.54) is 33.5 Å². The fourth-order valence-electron chi connectivity index (χ4n) is 3.11. The maximum absolute atomic E-state index is 11.7. The monoisotopic (exact) mass is 474 g/mol. The molecule has 174 valence electrons. The SMILES string of the molecule is Cc1ccc2nc(-c3ccc(N)cc3C)sc2c1.Oc1cccc(OCCCC(F)(F)F)c1. The number of phenols is 1. The van der Waals surface area contributed by atoms with Crippen molar-refractivity contribution in [1.29, 1.82) is 0 Å². The maximum Gasteiger partial charge on any atom is 0.389 e. The van der Waals surface area contributed by atoms with Gasteiger partial charge in [0.25, 0.3) is 0 Å². The van der Waals surface area contributed by atoms with Crippen molar-refractivity contribution in [1.82, 2.24) is 4.98 Å². The Balaban J connectivity index is 0.000000190. The van der Waals surface area contributed by atoms with Gasteiger partial charge in [-0.2, -0.15) is 13.2 Å². The molecule has 0 bridgehead atoms. The molecule has 4 rings (SSSR count). The number of halogens is 3. The molecule has 0 saturated carbocycles.